The first-order valence-corrected chi connectivity index (χ1v) is 9.93. The summed E-state index contributed by atoms with van der Waals surface area (Å²) in [5.74, 6) is 0.972. The van der Waals surface area contributed by atoms with Crippen LogP contribution in [0.3, 0.4) is 0 Å². The fourth-order valence-corrected chi connectivity index (χ4v) is 3.08. The number of hydrogen-bond acceptors (Lipinski definition) is 7. The first-order chi connectivity index (χ1) is 13.6. The number of nitrogens with two attached hydrogens (primary N) is 1. The van der Waals surface area contributed by atoms with Crippen LogP contribution in [-0.4, -0.2) is 64.0 Å². The molecule has 0 aromatic carbocycles. The number of anilines is 1. The van der Waals surface area contributed by atoms with E-state index in [4.69, 9.17) is 20.9 Å². The van der Waals surface area contributed by atoms with Crippen LogP contribution in [0.25, 0.3) is 0 Å². The number of piperidine rings is 1. The number of amidine groups is 1. The molecule has 160 valence electrons. The van der Waals surface area contributed by atoms with Gasteiger partial charge in [-0.1, -0.05) is 0 Å². The van der Waals surface area contributed by atoms with Crippen LogP contribution in [-0.2, 0) is 4.74 Å². The highest BCUT2D eigenvalue weighted by Gasteiger charge is 2.28. The molecule has 1 amide bonds. The first kappa shape index (κ1) is 22.6. The van der Waals surface area contributed by atoms with E-state index in [1.807, 2.05) is 45.7 Å². The van der Waals surface area contributed by atoms with Crippen LogP contribution in [0.1, 0.15) is 53.0 Å². The number of aromatic nitrogens is 1. The van der Waals surface area contributed by atoms with Crippen molar-refractivity contribution in [1.82, 2.24) is 20.3 Å². The van der Waals surface area contributed by atoms with Crippen molar-refractivity contribution in [3.8, 4) is 0 Å². The van der Waals surface area contributed by atoms with Crippen molar-refractivity contribution in [3.05, 3.63) is 23.9 Å². The van der Waals surface area contributed by atoms with Crippen molar-refractivity contribution < 1.29 is 9.53 Å². The summed E-state index contributed by atoms with van der Waals surface area (Å²) >= 11 is 0. The fraction of sp³-hybridized carbons (Fsp3) is 0.600. The standard InChI is InChI=1S/C20H33N7O2/c1-14(2)24-18(16-7-6-10-23-17(16)22)27(13-21)26-11-8-15(9-12-26)25-19(28)29-20(3,4)5/h6-7,10,13-15,21H,8-9,11-12H2,1-5H3,(H2,22,23)(H,25,28). The second kappa shape index (κ2) is 9.69. The van der Waals surface area contributed by atoms with Gasteiger partial charge in [0.1, 0.15) is 17.8 Å². The molecule has 2 rings (SSSR count). The highest BCUT2D eigenvalue weighted by Crippen LogP contribution is 2.19. The molecule has 1 saturated heterocycles. The van der Waals surface area contributed by atoms with Gasteiger partial charge < -0.3 is 15.8 Å². The van der Waals surface area contributed by atoms with Crippen LogP contribution in [0.4, 0.5) is 10.6 Å². The molecular weight excluding hydrogens is 370 g/mol. The number of nitrogens with zero attached hydrogens (tertiary/aromatic N) is 4. The van der Waals surface area contributed by atoms with Gasteiger partial charge in [-0.25, -0.2) is 19.8 Å². The number of hydrazine groups is 1. The molecule has 1 fully saturated rings. The van der Waals surface area contributed by atoms with Crippen molar-refractivity contribution in [1.29, 1.82) is 5.41 Å². The number of aliphatic imine (C=N–C) groups is 1. The molecule has 4 N–H and O–H groups in total. The molecule has 0 radical (unpaired) electrons. The van der Waals surface area contributed by atoms with Gasteiger partial charge >= 0.3 is 6.09 Å². The van der Waals surface area contributed by atoms with Gasteiger partial charge in [0.05, 0.1) is 5.56 Å². The summed E-state index contributed by atoms with van der Waals surface area (Å²) in [7, 11) is 0. The number of alkyl carbamates (subject to hydrolysis) is 1. The molecule has 0 saturated carbocycles. The summed E-state index contributed by atoms with van der Waals surface area (Å²) in [6.45, 7) is 10.8. The third-order valence-electron chi connectivity index (χ3n) is 4.30. The zero-order valence-corrected chi connectivity index (χ0v) is 18.0. The quantitative estimate of drug-likeness (QED) is 0.513. The maximum absolute atomic E-state index is 12.0. The summed E-state index contributed by atoms with van der Waals surface area (Å²) in [6.07, 6.45) is 3.95. The number of nitrogen functional groups attached to an aromatic ring is 1. The molecule has 1 aromatic heterocycles. The van der Waals surface area contributed by atoms with Gasteiger partial charge in [-0.2, -0.15) is 0 Å². The number of hydrogen-bond donors (Lipinski definition) is 3. The van der Waals surface area contributed by atoms with Crippen LogP contribution < -0.4 is 11.1 Å². The second-order valence-corrected chi connectivity index (χ2v) is 8.33. The molecule has 9 heteroatoms. The van der Waals surface area contributed by atoms with E-state index in [9.17, 15) is 4.79 Å². The summed E-state index contributed by atoms with van der Waals surface area (Å²) in [4.78, 5) is 20.9. The minimum absolute atomic E-state index is 0.0263. The molecule has 0 unspecified atom stereocenters. The Kier molecular flexibility index (Phi) is 7.55. The molecule has 0 spiro atoms. The maximum Gasteiger partial charge on any atom is 0.407 e. The Morgan fingerprint density at radius 1 is 1.45 bits per heavy atom. The van der Waals surface area contributed by atoms with Crippen LogP contribution in [0.5, 0.6) is 0 Å². The monoisotopic (exact) mass is 403 g/mol. The van der Waals surface area contributed by atoms with Gasteiger partial charge in [0, 0.05) is 31.4 Å². The normalized spacial score (nSPS) is 16.6. The molecule has 0 bridgehead atoms. The lowest BCUT2D eigenvalue weighted by Gasteiger charge is -2.39. The Labute approximate surface area is 172 Å². The van der Waals surface area contributed by atoms with E-state index >= 15 is 0 Å². The number of pyridine rings is 1. The lowest BCUT2D eigenvalue weighted by molar-refractivity contribution is 0.0410. The molecule has 29 heavy (non-hydrogen) atoms. The molecule has 2 heterocycles. The number of carbonyl (C=O) groups is 1. The number of ether oxygens (including phenoxy) is 1. The van der Waals surface area contributed by atoms with Gasteiger partial charge in [-0.05, 0) is 59.6 Å². The highest BCUT2D eigenvalue weighted by atomic mass is 16.6. The van der Waals surface area contributed by atoms with Crippen LogP contribution in [0.15, 0.2) is 23.3 Å². The van der Waals surface area contributed by atoms with E-state index in [1.54, 1.807) is 17.3 Å². The van der Waals surface area contributed by atoms with E-state index in [0.29, 0.717) is 30.3 Å². The molecule has 9 nitrogen and oxygen atoms in total. The largest absolute Gasteiger partial charge is 0.444 e. The predicted molar refractivity (Wildman–Crippen MR) is 115 cm³/mol. The minimum atomic E-state index is -0.520. The lowest BCUT2D eigenvalue weighted by Crippen LogP contribution is -2.53. The van der Waals surface area contributed by atoms with Crippen molar-refractivity contribution in [2.75, 3.05) is 18.8 Å². The van der Waals surface area contributed by atoms with Gasteiger partial charge in [0.15, 0.2) is 5.84 Å². The Morgan fingerprint density at radius 3 is 2.62 bits per heavy atom. The minimum Gasteiger partial charge on any atom is -0.444 e. The van der Waals surface area contributed by atoms with Crippen molar-refractivity contribution >= 4 is 24.1 Å². The fourth-order valence-electron chi connectivity index (χ4n) is 3.08. The lowest BCUT2D eigenvalue weighted by atomic mass is 10.1. The van der Waals surface area contributed by atoms with Crippen molar-refractivity contribution in [2.24, 2.45) is 4.99 Å². The molecule has 1 aliphatic rings. The Morgan fingerprint density at radius 2 is 2.10 bits per heavy atom. The summed E-state index contributed by atoms with van der Waals surface area (Å²) < 4.78 is 5.34. The van der Waals surface area contributed by atoms with Gasteiger partial charge in [0.25, 0.3) is 0 Å². The molecule has 0 aliphatic carbocycles. The summed E-state index contributed by atoms with van der Waals surface area (Å²) in [6, 6.07) is 3.72. The van der Waals surface area contributed by atoms with Crippen LogP contribution in [0.2, 0.25) is 0 Å². The Balaban J connectivity index is 2.09. The smallest absolute Gasteiger partial charge is 0.407 e. The average Bonchev–Trinajstić information content (AvgIpc) is 2.61. The Hall–Kier alpha value is -2.68. The van der Waals surface area contributed by atoms with Crippen LogP contribution in [0, 0.1) is 5.41 Å². The number of carbonyl (C=O) groups excluding carboxylic acids is 1. The third-order valence-corrected chi connectivity index (χ3v) is 4.30. The van der Waals surface area contributed by atoms with Crippen LogP contribution >= 0.6 is 0 Å². The number of nitrogens with one attached hydrogen (secondary N) is 2. The molecule has 0 atom stereocenters. The molecule has 1 aromatic rings. The maximum atomic E-state index is 12.0. The van der Waals surface area contributed by atoms with Crippen molar-refractivity contribution in [3.63, 3.8) is 0 Å². The highest BCUT2D eigenvalue weighted by molar-refractivity contribution is 6.06. The second-order valence-electron chi connectivity index (χ2n) is 8.33. The predicted octanol–water partition coefficient (Wildman–Crippen LogP) is 2.63. The van der Waals surface area contributed by atoms with E-state index < -0.39 is 11.7 Å². The van der Waals surface area contributed by atoms with E-state index in [0.717, 1.165) is 12.8 Å². The average molecular weight is 404 g/mol. The SMILES string of the molecule is CC(C)N=C(c1cccnc1N)N(C=N)N1CCC(NC(=O)OC(C)(C)C)CC1. The zero-order valence-electron chi connectivity index (χ0n) is 18.0. The molecule has 1 aliphatic heterocycles. The van der Waals surface area contributed by atoms with Crippen molar-refractivity contribution in [2.45, 2.75) is 65.1 Å². The third kappa shape index (κ3) is 6.70. The zero-order chi connectivity index (χ0) is 21.6. The topological polar surface area (TPSA) is 120 Å². The number of rotatable bonds is 5. The van der Waals surface area contributed by atoms with E-state index in [2.05, 4.69) is 10.3 Å². The summed E-state index contributed by atoms with van der Waals surface area (Å²) in [5.41, 5.74) is 6.25. The van der Waals surface area contributed by atoms with Gasteiger partial charge in [-0.3, -0.25) is 10.4 Å². The van der Waals surface area contributed by atoms with E-state index in [-0.39, 0.29) is 12.1 Å². The van der Waals surface area contributed by atoms with E-state index in [1.165, 1.54) is 6.34 Å². The summed E-state index contributed by atoms with van der Waals surface area (Å²) in [5, 5.41) is 14.7. The van der Waals surface area contributed by atoms with Gasteiger partial charge in [0.2, 0.25) is 0 Å². The molecular formula is C20H33N7O2. The van der Waals surface area contributed by atoms with Gasteiger partial charge in [-0.15, -0.1) is 0 Å². The first-order valence-electron chi connectivity index (χ1n) is 9.93. The Bertz CT molecular complexity index is 735. The number of amides is 1.